The molecule has 0 aromatic heterocycles. The number of fused-ring (bicyclic) bond motifs is 8. The van der Waals surface area contributed by atoms with Crippen LogP contribution in [-0.4, -0.2) is 0 Å². The van der Waals surface area contributed by atoms with Crippen molar-refractivity contribution in [3.05, 3.63) is 164 Å². The molecule has 0 heterocycles. The van der Waals surface area contributed by atoms with Gasteiger partial charge >= 0.3 is 0 Å². The first-order valence-corrected chi connectivity index (χ1v) is 16.5. The van der Waals surface area contributed by atoms with E-state index in [1.807, 2.05) is 0 Å². The predicted molar refractivity (Wildman–Crippen MR) is 209 cm³/mol. The summed E-state index contributed by atoms with van der Waals surface area (Å²) in [6.07, 6.45) is 0. The minimum absolute atomic E-state index is 0.827. The topological polar surface area (TPSA) is 38.0 Å². The minimum atomic E-state index is 0.827. The molecule has 3 N–H and O–H groups in total. The highest BCUT2D eigenvalue weighted by Gasteiger charge is 2.21. The highest BCUT2D eigenvalue weighted by Crippen LogP contribution is 2.49. The summed E-state index contributed by atoms with van der Waals surface area (Å²) in [6, 6.07) is 59.1. The van der Waals surface area contributed by atoms with Gasteiger partial charge in [-0.15, -0.1) is 0 Å². The van der Waals surface area contributed by atoms with Gasteiger partial charge in [0, 0.05) is 38.3 Å². The van der Waals surface area contributed by atoms with Crippen LogP contribution in [-0.2, 0) is 0 Å². The molecule has 0 bridgehead atoms. The maximum Gasteiger partial charge on any atom is 0.0544 e. The van der Waals surface area contributed by atoms with Crippen LogP contribution in [0, 0.1) is 0 Å². The van der Waals surface area contributed by atoms with Crippen molar-refractivity contribution in [1.29, 1.82) is 0 Å². The molecule has 2 nitrogen and oxygen atoms in total. The molecule has 0 saturated carbocycles. The van der Waals surface area contributed by atoms with Crippen molar-refractivity contribution in [2.45, 2.75) is 0 Å². The lowest BCUT2D eigenvalue weighted by Crippen LogP contribution is -1.98. The molecule has 10 aromatic carbocycles. The lowest BCUT2D eigenvalue weighted by molar-refractivity contribution is 1.64. The van der Waals surface area contributed by atoms with Crippen molar-refractivity contribution in [2.24, 2.45) is 0 Å². The molecular weight excluding hydrogens is 581 g/mol. The van der Waals surface area contributed by atoms with Crippen molar-refractivity contribution in [2.75, 3.05) is 11.1 Å². The average molecular weight is 611 g/mol. The van der Waals surface area contributed by atoms with E-state index in [0.717, 1.165) is 38.6 Å². The second-order valence-corrected chi connectivity index (χ2v) is 12.7. The molecule has 2 heteroatoms. The lowest BCUT2D eigenvalue weighted by atomic mass is 9.85. The van der Waals surface area contributed by atoms with Gasteiger partial charge in [-0.05, 0) is 77.8 Å². The first-order valence-electron chi connectivity index (χ1n) is 16.5. The number of nitrogens with two attached hydrogens (primary N) is 1. The zero-order valence-electron chi connectivity index (χ0n) is 26.2. The number of nitrogens with one attached hydrogen (secondary N) is 1. The summed E-state index contributed by atoms with van der Waals surface area (Å²) in [5.41, 5.74) is 12.3. The Morgan fingerprint density at radius 1 is 0.333 bits per heavy atom. The van der Waals surface area contributed by atoms with Crippen molar-refractivity contribution in [3.8, 4) is 11.1 Å². The fourth-order valence-corrected chi connectivity index (χ4v) is 8.00. The minimum Gasteiger partial charge on any atom is -0.398 e. The predicted octanol–water partition coefficient (Wildman–Crippen LogP) is 12.8. The number of anilines is 3. The zero-order chi connectivity index (χ0) is 31.8. The number of rotatable bonds is 3. The first-order chi connectivity index (χ1) is 23.7. The monoisotopic (exact) mass is 610 g/mol. The SMILES string of the molecule is Nc1c2ccccc2c(-c2c3ccccc3c(Nc3cccc4ccc5cc6ccccc6cc5c34)c3ccccc23)c2ccccc12. The summed E-state index contributed by atoms with van der Waals surface area (Å²) in [7, 11) is 0. The summed E-state index contributed by atoms with van der Waals surface area (Å²) in [5.74, 6) is 0. The largest absolute Gasteiger partial charge is 0.398 e. The molecule has 0 aliphatic rings. The van der Waals surface area contributed by atoms with Crippen molar-refractivity contribution >= 4 is 92.5 Å². The second kappa shape index (κ2) is 10.3. The molecule has 224 valence electrons. The van der Waals surface area contributed by atoms with Gasteiger partial charge in [0.2, 0.25) is 0 Å². The van der Waals surface area contributed by atoms with Gasteiger partial charge in [-0.25, -0.2) is 0 Å². The summed E-state index contributed by atoms with van der Waals surface area (Å²) in [4.78, 5) is 0. The van der Waals surface area contributed by atoms with Crippen LogP contribution in [0.2, 0.25) is 0 Å². The van der Waals surface area contributed by atoms with Crippen LogP contribution >= 0.6 is 0 Å². The molecule has 0 amide bonds. The smallest absolute Gasteiger partial charge is 0.0544 e. The Hall–Kier alpha value is -6.38. The summed E-state index contributed by atoms with van der Waals surface area (Å²) < 4.78 is 0. The van der Waals surface area contributed by atoms with Crippen LogP contribution in [0.4, 0.5) is 17.1 Å². The summed E-state index contributed by atoms with van der Waals surface area (Å²) >= 11 is 0. The maximum atomic E-state index is 6.84. The van der Waals surface area contributed by atoms with Gasteiger partial charge in [0.1, 0.15) is 0 Å². The van der Waals surface area contributed by atoms with E-state index in [1.54, 1.807) is 0 Å². The maximum absolute atomic E-state index is 6.84. The van der Waals surface area contributed by atoms with E-state index < -0.39 is 0 Å². The Balaban J connectivity index is 1.30. The van der Waals surface area contributed by atoms with E-state index in [4.69, 9.17) is 5.73 Å². The highest BCUT2D eigenvalue weighted by atomic mass is 14.9. The molecule has 0 atom stereocenters. The Morgan fingerprint density at radius 3 is 1.35 bits per heavy atom. The van der Waals surface area contributed by atoms with Crippen LogP contribution in [0.1, 0.15) is 0 Å². The Labute approximate surface area is 277 Å². The Kier molecular flexibility index (Phi) is 5.76. The molecule has 0 saturated heterocycles. The highest BCUT2D eigenvalue weighted by molar-refractivity contribution is 6.30. The molecule has 0 aliphatic heterocycles. The van der Waals surface area contributed by atoms with Crippen molar-refractivity contribution in [1.82, 2.24) is 0 Å². The van der Waals surface area contributed by atoms with Crippen molar-refractivity contribution in [3.63, 3.8) is 0 Å². The van der Waals surface area contributed by atoms with Gasteiger partial charge in [0.05, 0.1) is 5.69 Å². The molecular formula is C46H30N2. The van der Waals surface area contributed by atoms with Gasteiger partial charge in [0.15, 0.2) is 0 Å². The van der Waals surface area contributed by atoms with Crippen LogP contribution < -0.4 is 11.1 Å². The molecule has 10 rings (SSSR count). The van der Waals surface area contributed by atoms with Crippen LogP contribution in [0.25, 0.3) is 86.5 Å². The third-order valence-electron chi connectivity index (χ3n) is 10.1. The first kappa shape index (κ1) is 26.8. The number of nitrogen functional groups attached to an aromatic ring is 1. The number of hydrogen-bond acceptors (Lipinski definition) is 2. The number of benzene rings is 10. The molecule has 48 heavy (non-hydrogen) atoms. The number of hydrogen-bond donors (Lipinski definition) is 2. The van der Waals surface area contributed by atoms with E-state index in [-0.39, 0.29) is 0 Å². The molecule has 0 aliphatic carbocycles. The third-order valence-corrected chi connectivity index (χ3v) is 10.1. The second-order valence-electron chi connectivity index (χ2n) is 12.7. The normalized spacial score (nSPS) is 11.8. The van der Waals surface area contributed by atoms with Gasteiger partial charge in [-0.1, -0.05) is 146 Å². The fraction of sp³-hybridized carbons (Fsp3) is 0. The fourth-order valence-electron chi connectivity index (χ4n) is 8.00. The van der Waals surface area contributed by atoms with Gasteiger partial charge in [0.25, 0.3) is 0 Å². The average Bonchev–Trinajstić information content (AvgIpc) is 3.15. The molecule has 0 unspecified atom stereocenters. The van der Waals surface area contributed by atoms with Gasteiger partial charge < -0.3 is 11.1 Å². The zero-order valence-corrected chi connectivity index (χ0v) is 26.2. The van der Waals surface area contributed by atoms with E-state index in [1.165, 1.54) is 65.0 Å². The molecule has 0 fully saturated rings. The van der Waals surface area contributed by atoms with Crippen LogP contribution in [0.3, 0.4) is 0 Å². The molecule has 0 spiro atoms. The summed E-state index contributed by atoms with van der Waals surface area (Å²) in [5, 5.41) is 20.7. The standard InChI is InChI=1S/C46H30N2/c47-45-36-19-7-3-15-32(36)43(33-16-4-8-20-37(33)45)44-34-17-5-9-21-38(34)46(39-22-10-6-18-35(39)44)48-41-23-11-14-28-24-25-31-26-29-12-1-2-13-30(29)27-40(31)42(28)41/h1-27,48H,47H2. The van der Waals surface area contributed by atoms with Gasteiger partial charge in [-0.2, -0.15) is 0 Å². The molecule has 0 radical (unpaired) electrons. The lowest BCUT2D eigenvalue weighted by Gasteiger charge is -2.22. The quantitative estimate of drug-likeness (QED) is 0.119. The van der Waals surface area contributed by atoms with Crippen LogP contribution in [0.5, 0.6) is 0 Å². The summed E-state index contributed by atoms with van der Waals surface area (Å²) in [6.45, 7) is 0. The van der Waals surface area contributed by atoms with Crippen molar-refractivity contribution < 1.29 is 0 Å². The Bertz CT molecular complexity index is 2820. The van der Waals surface area contributed by atoms with E-state index in [0.29, 0.717) is 0 Å². The third kappa shape index (κ3) is 3.87. The van der Waals surface area contributed by atoms with Crippen LogP contribution in [0.15, 0.2) is 164 Å². The van der Waals surface area contributed by atoms with Gasteiger partial charge in [-0.3, -0.25) is 0 Å². The van der Waals surface area contributed by atoms with E-state index in [9.17, 15) is 0 Å². The van der Waals surface area contributed by atoms with E-state index in [2.05, 4.69) is 169 Å². The Morgan fingerprint density at radius 2 is 0.771 bits per heavy atom. The van der Waals surface area contributed by atoms with E-state index >= 15 is 0 Å². The molecule has 10 aromatic rings.